The van der Waals surface area contributed by atoms with Crippen LogP contribution < -0.4 is 0 Å². The Kier molecular flexibility index (Phi) is 2.49. The van der Waals surface area contributed by atoms with Gasteiger partial charge < -0.3 is 0 Å². The van der Waals surface area contributed by atoms with Gasteiger partial charge in [-0.2, -0.15) is 0 Å². The lowest BCUT2D eigenvalue weighted by Crippen LogP contribution is -2.39. The van der Waals surface area contributed by atoms with Crippen molar-refractivity contribution in [2.45, 2.75) is 38.1 Å². The fourth-order valence-electron chi connectivity index (χ4n) is 4.26. The third-order valence-electron chi connectivity index (χ3n) is 4.59. The van der Waals surface area contributed by atoms with Crippen LogP contribution in [0.2, 0.25) is 0 Å². The zero-order valence-electron chi connectivity index (χ0n) is 8.79. The van der Waals surface area contributed by atoms with E-state index >= 15 is 0 Å². The first kappa shape index (κ1) is 9.47. The Bertz CT molecular complexity index is 204. The second kappa shape index (κ2) is 3.68. The summed E-state index contributed by atoms with van der Waals surface area (Å²) in [6.07, 6.45) is 7.53. The van der Waals surface area contributed by atoms with Crippen LogP contribution in [0.25, 0.3) is 0 Å². The maximum Gasteiger partial charge on any atom is 0.0351 e. The Labute approximate surface area is 91.8 Å². The maximum atomic E-state index is 5.88. The lowest BCUT2D eigenvalue weighted by Gasteiger charge is -2.39. The molecule has 2 saturated carbocycles. The van der Waals surface area contributed by atoms with Crippen LogP contribution in [0.3, 0.4) is 0 Å². The molecule has 1 nitrogen and oxygen atoms in total. The maximum absolute atomic E-state index is 5.88. The monoisotopic (exact) mass is 213 g/mol. The van der Waals surface area contributed by atoms with E-state index in [1.54, 1.807) is 6.42 Å². The third-order valence-corrected chi connectivity index (χ3v) is 4.76. The molecule has 2 aliphatic heterocycles. The molecule has 0 aromatic heterocycles. The Morgan fingerprint density at radius 1 is 0.929 bits per heavy atom. The Morgan fingerprint density at radius 3 is 2.21 bits per heavy atom. The van der Waals surface area contributed by atoms with Crippen LogP contribution in [0.1, 0.15) is 32.1 Å². The zero-order chi connectivity index (χ0) is 9.54. The average molecular weight is 214 g/mol. The van der Waals surface area contributed by atoms with Crippen LogP contribution in [-0.2, 0) is 0 Å². The second-order valence-corrected chi connectivity index (χ2v) is 5.99. The van der Waals surface area contributed by atoms with Crippen LogP contribution in [0.4, 0.5) is 0 Å². The number of halogens is 1. The fraction of sp³-hybridized carbons (Fsp3) is 1.00. The quantitative estimate of drug-likeness (QED) is 0.638. The molecule has 14 heavy (non-hydrogen) atoms. The van der Waals surface area contributed by atoms with Crippen molar-refractivity contribution >= 4 is 11.6 Å². The largest absolute Gasteiger partial charge is 0.299 e. The summed E-state index contributed by atoms with van der Waals surface area (Å²) in [5.74, 6) is 3.96. The van der Waals surface area contributed by atoms with Crippen molar-refractivity contribution in [1.29, 1.82) is 0 Å². The first-order chi connectivity index (χ1) is 6.85. The minimum Gasteiger partial charge on any atom is -0.299 e. The van der Waals surface area contributed by atoms with Crippen LogP contribution in [-0.4, -0.2) is 29.9 Å². The Balaban J connectivity index is 1.79. The number of fused-ring (bicyclic) bond motifs is 1. The predicted molar refractivity (Wildman–Crippen MR) is 59.6 cm³/mol. The highest BCUT2D eigenvalue weighted by atomic mass is 35.5. The molecule has 2 unspecified atom stereocenters. The summed E-state index contributed by atoms with van der Waals surface area (Å²) < 4.78 is 0. The van der Waals surface area contributed by atoms with Crippen LogP contribution in [0.15, 0.2) is 0 Å². The normalized spacial score (nSPS) is 46.9. The van der Waals surface area contributed by atoms with Gasteiger partial charge in [-0.05, 0) is 49.9 Å². The van der Waals surface area contributed by atoms with E-state index in [0.717, 1.165) is 36.2 Å². The smallest absolute Gasteiger partial charge is 0.0351 e. The van der Waals surface area contributed by atoms with Gasteiger partial charge in [0.1, 0.15) is 0 Å². The van der Waals surface area contributed by atoms with Gasteiger partial charge in [0.2, 0.25) is 0 Å². The molecule has 0 spiro atoms. The molecule has 2 saturated heterocycles. The van der Waals surface area contributed by atoms with Crippen molar-refractivity contribution in [3.63, 3.8) is 0 Å². The summed E-state index contributed by atoms with van der Waals surface area (Å²) in [7, 11) is 0. The van der Waals surface area contributed by atoms with E-state index in [4.69, 9.17) is 11.6 Å². The van der Waals surface area contributed by atoms with Crippen molar-refractivity contribution in [2.75, 3.05) is 19.0 Å². The number of alkyl halides is 1. The standard InChI is InChI=1S/C12H20ClN/c13-1-2-14-8-11-4-9-3-10(5-11)7-12(14)6-9/h9-12H,1-8H2/t9-,10+,11?,12?. The van der Waals surface area contributed by atoms with Crippen LogP contribution in [0.5, 0.6) is 0 Å². The van der Waals surface area contributed by atoms with E-state index in [2.05, 4.69) is 4.90 Å². The van der Waals surface area contributed by atoms with Crippen molar-refractivity contribution in [1.82, 2.24) is 4.90 Å². The summed E-state index contributed by atoms with van der Waals surface area (Å²) in [4.78, 5) is 2.69. The highest BCUT2D eigenvalue weighted by Gasteiger charge is 2.42. The summed E-state index contributed by atoms with van der Waals surface area (Å²) in [5.41, 5.74) is 0. The molecule has 0 aromatic carbocycles. The van der Waals surface area contributed by atoms with Crippen LogP contribution in [0, 0.1) is 17.8 Å². The number of hydrogen-bond acceptors (Lipinski definition) is 1. The molecule has 0 N–H and O–H groups in total. The molecular weight excluding hydrogens is 194 g/mol. The predicted octanol–water partition coefficient (Wildman–Crippen LogP) is 2.74. The summed E-state index contributed by atoms with van der Waals surface area (Å²) in [6, 6.07) is 0.894. The minimum atomic E-state index is 0.818. The molecule has 2 heterocycles. The molecule has 80 valence electrons. The van der Waals surface area contributed by atoms with Gasteiger partial charge in [0.05, 0.1) is 0 Å². The molecule has 0 amide bonds. The van der Waals surface area contributed by atoms with E-state index in [1.165, 1.54) is 32.2 Å². The van der Waals surface area contributed by atoms with E-state index < -0.39 is 0 Å². The minimum absolute atomic E-state index is 0.818. The van der Waals surface area contributed by atoms with Gasteiger partial charge in [0.25, 0.3) is 0 Å². The van der Waals surface area contributed by atoms with E-state index in [-0.39, 0.29) is 0 Å². The molecule has 4 rings (SSSR count). The number of nitrogens with zero attached hydrogens (tertiary/aromatic N) is 1. The lowest BCUT2D eigenvalue weighted by atomic mass is 9.68. The van der Waals surface area contributed by atoms with Gasteiger partial charge >= 0.3 is 0 Å². The average Bonchev–Trinajstić information content (AvgIpc) is 2.32. The SMILES string of the molecule is ClCCN1CC2C[C@@H]3CC1C[C@H](C2)C3. The third kappa shape index (κ3) is 1.59. The van der Waals surface area contributed by atoms with E-state index in [0.29, 0.717) is 0 Å². The zero-order valence-corrected chi connectivity index (χ0v) is 9.55. The first-order valence-corrected chi connectivity index (χ1v) is 6.68. The van der Waals surface area contributed by atoms with Crippen LogP contribution >= 0.6 is 11.6 Å². The number of hydrogen-bond donors (Lipinski definition) is 0. The first-order valence-electron chi connectivity index (χ1n) is 6.15. The molecule has 2 heteroatoms. The van der Waals surface area contributed by atoms with E-state index in [9.17, 15) is 0 Å². The van der Waals surface area contributed by atoms with Crippen molar-refractivity contribution < 1.29 is 0 Å². The highest BCUT2D eigenvalue weighted by molar-refractivity contribution is 6.18. The summed E-state index contributed by atoms with van der Waals surface area (Å²) >= 11 is 5.88. The molecular formula is C12H20ClN. The van der Waals surface area contributed by atoms with E-state index in [1.807, 2.05) is 0 Å². The Hall–Kier alpha value is 0.250. The van der Waals surface area contributed by atoms with Gasteiger partial charge in [-0.1, -0.05) is 0 Å². The van der Waals surface area contributed by atoms with Gasteiger partial charge in [-0.3, -0.25) is 4.90 Å². The fourth-order valence-corrected chi connectivity index (χ4v) is 4.48. The summed E-state index contributed by atoms with van der Waals surface area (Å²) in [6.45, 7) is 2.48. The molecule has 0 radical (unpaired) electrons. The number of rotatable bonds is 2. The summed E-state index contributed by atoms with van der Waals surface area (Å²) in [5, 5.41) is 0. The van der Waals surface area contributed by atoms with Crippen molar-refractivity contribution in [3.05, 3.63) is 0 Å². The highest BCUT2D eigenvalue weighted by Crippen LogP contribution is 2.47. The van der Waals surface area contributed by atoms with Crippen molar-refractivity contribution in [2.24, 2.45) is 17.8 Å². The van der Waals surface area contributed by atoms with Gasteiger partial charge in [-0.25, -0.2) is 0 Å². The molecule has 4 atom stereocenters. The topological polar surface area (TPSA) is 3.24 Å². The molecule has 2 aliphatic carbocycles. The molecule has 0 aromatic rings. The Morgan fingerprint density at radius 2 is 1.57 bits per heavy atom. The van der Waals surface area contributed by atoms with Crippen molar-refractivity contribution in [3.8, 4) is 0 Å². The lowest BCUT2D eigenvalue weighted by molar-refractivity contribution is 0.129. The van der Waals surface area contributed by atoms with Gasteiger partial charge in [0, 0.05) is 25.0 Å². The van der Waals surface area contributed by atoms with Gasteiger partial charge in [0.15, 0.2) is 0 Å². The van der Waals surface area contributed by atoms with Gasteiger partial charge in [-0.15, -0.1) is 11.6 Å². The molecule has 4 bridgehead atoms. The second-order valence-electron chi connectivity index (χ2n) is 5.61. The molecule has 4 fully saturated rings. The molecule has 4 aliphatic rings.